The van der Waals surface area contributed by atoms with E-state index < -0.39 is 0 Å². The molecule has 3 heteroatoms. The van der Waals surface area contributed by atoms with E-state index in [-0.39, 0.29) is 5.91 Å². The quantitative estimate of drug-likeness (QED) is 0.733. The first-order chi connectivity index (χ1) is 6.74. The number of carbonyl (C=O) groups is 1. The predicted octanol–water partition coefficient (Wildman–Crippen LogP) is 1.64. The molecule has 0 saturated heterocycles. The predicted molar refractivity (Wildman–Crippen MR) is 53.7 cm³/mol. The largest absolute Gasteiger partial charge is 0.351 e. The molecule has 1 aromatic rings. The molecular weight excluding hydrogens is 176 g/mol. The Labute approximate surface area is 83.4 Å². The highest BCUT2D eigenvalue weighted by Gasteiger charge is 2.02. The zero-order valence-corrected chi connectivity index (χ0v) is 8.08. The van der Waals surface area contributed by atoms with E-state index in [0.29, 0.717) is 18.5 Å². The number of hydrogen-bond donors (Lipinski definition) is 1. The molecule has 0 unspecified atom stereocenters. The van der Waals surface area contributed by atoms with Gasteiger partial charge in [-0.2, -0.15) is 5.26 Å². The van der Waals surface area contributed by atoms with Crippen LogP contribution >= 0.6 is 0 Å². The van der Waals surface area contributed by atoms with E-state index in [4.69, 9.17) is 5.26 Å². The second-order valence-electron chi connectivity index (χ2n) is 3.03. The van der Waals surface area contributed by atoms with Crippen molar-refractivity contribution in [1.82, 2.24) is 5.32 Å². The number of nitrogens with zero attached hydrogens (tertiary/aromatic N) is 1. The maximum atomic E-state index is 11.4. The van der Waals surface area contributed by atoms with Crippen LogP contribution in [0.2, 0.25) is 0 Å². The molecule has 1 aromatic carbocycles. The van der Waals surface area contributed by atoms with Crippen LogP contribution in [0.15, 0.2) is 24.3 Å². The van der Waals surface area contributed by atoms with E-state index in [0.717, 1.165) is 5.56 Å². The monoisotopic (exact) mass is 188 g/mol. The first-order valence-corrected chi connectivity index (χ1v) is 4.46. The lowest BCUT2D eigenvalue weighted by Crippen LogP contribution is -2.24. The molecule has 0 aromatic heterocycles. The molecule has 0 aliphatic carbocycles. The summed E-state index contributed by atoms with van der Waals surface area (Å²) in [6.45, 7) is 2.38. The van der Waals surface area contributed by atoms with Gasteiger partial charge in [-0.3, -0.25) is 4.79 Å². The van der Waals surface area contributed by atoms with Gasteiger partial charge < -0.3 is 5.32 Å². The summed E-state index contributed by atoms with van der Waals surface area (Å²) >= 11 is 0. The smallest absolute Gasteiger partial charge is 0.251 e. The SMILES string of the molecule is Cc1ccc(C(=O)NCCC#N)cc1. The lowest BCUT2D eigenvalue weighted by Gasteiger charge is -2.02. The fourth-order valence-electron chi connectivity index (χ4n) is 1.04. The molecule has 0 atom stereocenters. The van der Waals surface area contributed by atoms with Crippen molar-refractivity contribution >= 4 is 5.91 Å². The Bertz CT molecular complexity index is 349. The molecule has 14 heavy (non-hydrogen) atoms. The maximum absolute atomic E-state index is 11.4. The van der Waals surface area contributed by atoms with Crippen LogP contribution in [-0.2, 0) is 0 Å². The number of nitrogens with one attached hydrogen (secondary N) is 1. The molecule has 0 fully saturated rings. The molecule has 1 amide bonds. The van der Waals surface area contributed by atoms with Crippen molar-refractivity contribution in [3.8, 4) is 6.07 Å². The van der Waals surface area contributed by atoms with Gasteiger partial charge in [0, 0.05) is 12.1 Å². The third kappa shape index (κ3) is 2.91. The number of carbonyl (C=O) groups excluding carboxylic acids is 1. The minimum atomic E-state index is -0.125. The van der Waals surface area contributed by atoms with Crippen LogP contribution in [0.1, 0.15) is 22.3 Å². The third-order valence-corrected chi connectivity index (χ3v) is 1.84. The Morgan fingerprint density at radius 2 is 2.07 bits per heavy atom. The van der Waals surface area contributed by atoms with E-state index in [9.17, 15) is 4.79 Å². The van der Waals surface area contributed by atoms with Crippen molar-refractivity contribution < 1.29 is 4.79 Å². The highest BCUT2D eigenvalue weighted by molar-refractivity contribution is 5.94. The van der Waals surface area contributed by atoms with E-state index >= 15 is 0 Å². The Hall–Kier alpha value is -1.82. The van der Waals surface area contributed by atoms with Crippen molar-refractivity contribution in [3.63, 3.8) is 0 Å². The first-order valence-electron chi connectivity index (χ1n) is 4.46. The average molecular weight is 188 g/mol. The van der Waals surface area contributed by atoms with Gasteiger partial charge >= 0.3 is 0 Å². The van der Waals surface area contributed by atoms with Crippen LogP contribution in [0.4, 0.5) is 0 Å². The number of amides is 1. The lowest BCUT2D eigenvalue weighted by atomic mass is 10.1. The number of nitriles is 1. The number of benzene rings is 1. The molecule has 0 saturated carbocycles. The van der Waals surface area contributed by atoms with E-state index in [2.05, 4.69) is 5.32 Å². The molecule has 0 aliphatic rings. The van der Waals surface area contributed by atoms with Crippen LogP contribution in [0.3, 0.4) is 0 Å². The summed E-state index contributed by atoms with van der Waals surface area (Å²) in [7, 11) is 0. The summed E-state index contributed by atoms with van der Waals surface area (Å²) < 4.78 is 0. The lowest BCUT2D eigenvalue weighted by molar-refractivity contribution is 0.0954. The molecule has 0 spiro atoms. The average Bonchev–Trinajstić information content (AvgIpc) is 2.19. The third-order valence-electron chi connectivity index (χ3n) is 1.84. The fraction of sp³-hybridized carbons (Fsp3) is 0.273. The minimum absolute atomic E-state index is 0.125. The van der Waals surface area contributed by atoms with Crippen LogP contribution in [-0.4, -0.2) is 12.5 Å². The second kappa shape index (κ2) is 5.03. The molecule has 1 N–H and O–H groups in total. The summed E-state index contributed by atoms with van der Waals surface area (Å²) in [6.07, 6.45) is 0.345. The second-order valence-corrected chi connectivity index (χ2v) is 3.03. The van der Waals surface area contributed by atoms with Crippen LogP contribution in [0, 0.1) is 18.3 Å². The molecule has 1 rings (SSSR count). The number of rotatable bonds is 3. The topological polar surface area (TPSA) is 52.9 Å². The van der Waals surface area contributed by atoms with Gasteiger partial charge in [-0.05, 0) is 19.1 Å². The summed E-state index contributed by atoms with van der Waals surface area (Å²) in [5, 5.41) is 10.9. The Morgan fingerprint density at radius 3 is 2.64 bits per heavy atom. The van der Waals surface area contributed by atoms with Gasteiger partial charge in [-0.15, -0.1) is 0 Å². The highest BCUT2D eigenvalue weighted by Crippen LogP contribution is 2.02. The van der Waals surface area contributed by atoms with Crippen molar-refractivity contribution in [1.29, 1.82) is 5.26 Å². The van der Waals surface area contributed by atoms with Gasteiger partial charge in [0.25, 0.3) is 5.91 Å². The van der Waals surface area contributed by atoms with Gasteiger partial charge in [-0.1, -0.05) is 17.7 Å². The van der Waals surface area contributed by atoms with Crippen LogP contribution in [0.5, 0.6) is 0 Å². The fourth-order valence-corrected chi connectivity index (χ4v) is 1.04. The number of aryl methyl sites for hydroxylation is 1. The van der Waals surface area contributed by atoms with Gasteiger partial charge in [-0.25, -0.2) is 0 Å². The summed E-state index contributed by atoms with van der Waals surface area (Å²) in [5.74, 6) is -0.125. The molecule has 0 bridgehead atoms. The normalized spacial score (nSPS) is 9.14. The van der Waals surface area contributed by atoms with Crippen molar-refractivity contribution in [2.75, 3.05) is 6.54 Å². The van der Waals surface area contributed by atoms with Crippen molar-refractivity contribution in [3.05, 3.63) is 35.4 Å². The van der Waals surface area contributed by atoms with Crippen LogP contribution < -0.4 is 5.32 Å². The summed E-state index contributed by atoms with van der Waals surface area (Å²) in [6, 6.07) is 9.29. The molecule has 0 radical (unpaired) electrons. The molecule has 0 heterocycles. The standard InChI is InChI=1S/C11H12N2O/c1-9-3-5-10(6-4-9)11(14)13-8-2-7-12/h3-6H,2,8H2,1H3,(H,13,14). The molecule has 3 nitrogen and oxygen atoms in total. The van der Waals surface area contributed by atoms with E-state index in [1.807, 2.05) is 25.1 Å². The molecular formula is C11H12N2O. The highest BCUT2D eigenvalue weighted by atomic mass is 16.1. The first kappa shape index (κ1) is 10.3. The van der Waals surface area contributed by atoms with Gasteiger partial charge in [0.15, 0.2) is 0 Å². The van der Waals surface area contributed by atoms with Gasteiger partial charge in [0.1, 0.15) is 0 Å². The van der Waals surface area contributed by atoms with Gasteiger partial charge in [0.05, 0.1) is 12.5 Å². The van der Waals surface area contributed by atoms with Crippen molar-refractivity contribution in [2.45, 2.75) is 13.3 Å². The van der Waals surface area contributed by atoms with Crippen LogP contribution in [0.25, 0.3) is 0 Å². The summed E-state index contributed by atoms with van der Waals surface area (Å²) in [4.78, 5) is 11.4. The molecule has 72 valence electrons. The minimum Gasteiger partial charge on any atom is -0.351 e. The Kier molecular flexibility index (Phi) is 3.69. The van der Waals surface area contributed by atoms with E-state index in [1.54, 1.807) is 12.1 Å². The Morgan fingerprint density at radius 1 is 1.43 bits per heavy atom. The Balaban J connectivity index is 2.53. The number of hydrogen-bond acceptors (Lipinski definition) is 2. The van der Waals surface area contributed by atoms with Gasteiger partial charge in [0.2, 0.25) is 0 Å². The van der Waals surface area contributed by atoms with E-state index in [1.165, 1.54) is 0 Å². The zero-order valence-electron chi connectivity index (χ0n) is 8.08. The van der Waals surface area contributed by atoms with Crippen molar-refractivity contribution in [2.24, 2.45) is 0 Å². The zero-order chi connectivity index (χ0) is 10.4. The maximum Gasteiger partial charge on any atom is 0.251 e. The molecule has 0 aliphatic heterocycles. The summed E-state index contributed by atoms with van der Waals surface area (Å²) in [5.41, 5.74) is 1.76.